The van der Waals surface area contributed by atoms with E-state index in [1.165, 1.54) is 11.8 Å². The van der Waals surface area contributed by atoms with Crippen LogP contribution in [0.4, 0.5) is 14.5 Å². The van der Waals surface area contributed by atoms with E-state index in [-0.39, 0.29) is 23.2 Å². The normalized spacial score (nSPS) is 18.4. The molecular formula is C14H17F2N3O2. The fourth-order valence-corrected chi connectivity index (χ4v) is 2.47. The fourth-order valence-electron chi connectivity index (χ4n) is 2.47. The van der Waals surface area contributed by atoms with Gasteiger partial charge in [0.2, 0.25) is 5.91 Å². The Balaban J connectivity index is 2.16. The van der Waals surface area contributed by atoms with E-state index >= 15 is 0 Å². The lowest BCUT2D eigenvalue weighted by atomic mass is 10.0. The SMILES string of the molecule is CC(=O)NC1CCCN(C(=O)c2cc(N)c(F)cc2F)C1. The number of benzene rings is 1. The first-order valence-corrected chi connectivity index (χ1v) is 6.69. The molecule has 1 saturated heterocycles. The highest BCUT2D eigenvalue weighted by Crippen LogP contribution is 2.20. The van der Waals surface area contributed by atoms with Gasteiger partial charge in [-0.05, 0) is 18.9 Å². The Morgan fingerprint density at radius 3 is 2.71 bits per heavy atom. The summed E-state index contributed by atoms with van der Waals surface area (Å²) in [6.07, 6.45) is 1.46. The van der Waals surface area contributed by atoms with Crippen LogP contribution in [0.15, 0.2) is 12.1 Å². The molecule has 1 unspecified atom stereocenters. The standard InChI is InChI=1S/C14H17F2N3O2/c1-8(20)18-9-3-2-4-19(7-9)14(21)10-5-13(17)12(16)6-11(10)15/h5-6,9H,2-4,7,17H2,1H3,(H,18,20). The van der Waals surface area contributed by atoms with Crippen molar-refractivity contribution in [3.05, 3.63) is 29.3 Å². The van der Waals surface area contributed by atoms with Gasteiger partial charge in [-0.15, -0.1) is 0 Å². The molecule has 1 fully saturated rings. The van der Waals surface area contributed by atoms with Gasteiger partial charge in [-0.25, -0.2) is 8.78 Å². The van der Waals surface area contributed by atoms with Crippen molar-refractivity contribution in [3.63, 3.8) is 0 Å². The quantitative estimate of drug-likeness (QED) is 0.808. The smallest absolute Gasteiger partial charge is 0.256 e. The number of nitrogens with two attached hydrogens (primary N) is 1. The number of likely N-dealkylation sites (tertiary alicyclic amines) is 1. The van der Waals surface area contributed by atoms with E-state index in [9.17, 15) is 18.4 Å². The lowest BCUT2D eigenvalue weighted by Crippen LogP contribution is -2.49. The first-order chi connectivity index (χ1) is 9.88. The predicted octanol–water partition coefficient (Wildman–Crippen LogP) is 1.29. The van der Waals surface area contributed by atoms with Gasteiger partial charge in [0.15, 0.2) is 0 Å². The van der Waals surface area contributed by atoms with Gasteiger partial charge in [-0.1, -0.05) is 0 Å². The zero-order valence-electron chi connectivity index (χ0n) is 11.7. The Bertz CT molecular complexity index is 578. The summed E-state index contributed by atoms with van der Waals surface area (Å²) in [4.78, 5) is 24.8. The highest BCUT2D eigenvalue weighted by atomic mass is 19.1. The number of amides is 2. The summed E-state index contributed by atoms with van der Waals surface area (Å²) in [6.45, 7) is 2.17. The van der Waals surface area contributed by atoms with Crippen molar-refractivity contribution in [2.24, 2.45) is 0 Å². The van der Waals surface area contributed by atoms with Crippen LogP contribution >= 0.6 is 0 Å². The summed E-state index contributed by atoms with van der Waals surface area (Å²) in [6, 6.07) is 1.47. The highest BCUT2D eigenvalue weighted by molar-refractivity contribution is 5.95. The Hall–Kier alpha value is -2.18. The van der Waals surface area contributed by atoms with Crippen molar-refractivity contribution < 1.29 is 18.4 Å². The number of hydrogen-bond donors (Lipinski definition) is 2. The highest BCUT2D eigenvalue weighted by Gasteiger charge is 2.27. The minimum Gasteiger partial charge on any atom is -0.396 e. The second kappa shape index (κ2) is 6.07. The number of nitrogen functional groups attached to an aromatic ring is 1. The molecule has 3 N–H and O–H groups in total. The average Bonchev–Trinajstić information content (AvgIpc) is 2.41. The predicted molar refractivity (Wildman–Crippen MR) is 73.5 cm³/mol. The monoisotopic (exact) mass is 297 g/mol. The molecule has 21 heavy (non-hydrogen) atoms. The van der Waals surface area contributed by atoms with E-state index in [2.05, 4.69) is 5.32 Å². The molecule has 1 atom stereocenters. The third kappa shape index (κ3) is 3.48. The molecule has 114 valence electrons. The molecule has 0 spiro atoms. The third-order valence-electron chi connectivity index (χ3n) is 3.43. The Morgan fingerprint density at radius 1 is 1.33 bits per heavy atom. The van der Waals surface area contributed by atoms with E-state index in [1.54, 1.807) is 0 Å². The molecule has 0 radical (unpaired) electrons. The van der Waals surface area contributed by atoms with E-state index in [4.69, 9.17) is 5.73 Å². The molecule has 1 aliphatic rings. The fraction of sp³-hybridized carbons (Fsp3) is 0.429. The summed E-state index contributed by atoms with van der Waals surface area (Å²) >= 11 is 0. The summed E-state index contributed by atoms with van der Waals surface area (Å²) in [7, 11) is 0. The zero-order chi connectivity index (χ0) is 15.6. The Kier molecular flexibility index (Phi) is 4.40. The molecule has 0 aromatic heterocycles. The van der Waals surface area contributed by atoms with Crippen LogP contribution in [0, 0.1) is 11.6 Å². The van der Waals surface area contributed by atoms with Crippen molar-refractivity contribution in [1.29, 1.82) is 0 Å². The van der Waals surface area contributed by atoms with Crippen LogP contribution in [0.25, 0.3) is 0 Å². The van der Waals surface area contributed by atoms with Gasteiger partial charge < -0.3 is 16.0 Å². The minimum absolute atomic E-state index is 0.152. The molecular weight excluding hydrogens is 280 g/mol. The molecule has 5 nitrogen and oxygen atoms in total. The summed E-state index contributed by atoms with van der Waals surface area (Å²) in [5, 5.41) is 2.74. The maximum absolute atomic E-state index is 13.7. The van der Waals surface area contributed by atoms with Crippen LogP contribution in [0.1, 0.15) is 30.1 Å². The summed E-state index contributed by atoms with van der Waals surface area (Å²) < 4.78 is 26.9. The van der Waals surface area contributed by atoms with E-state index < -0.39 is 17.5 Å². The maximum Gasteiger partial charge on any atom is 0.256 e. The number of nitrogens with zero attached hydrogens (tertiary/aromatic N) is 1. The van der Waals surface area contributed by atoms with Crippen LogP contribution in [0.3, 0.4) is 0 Å². The van der Waals surface area contributed by atoms with Crippen LogP contribution in [0.2, 0.25) is 0 Å². The molecule has 1 aromatic rings. The van der Waals surface area contributed by atoms with Crippen molar-refractivity contribution in [2.45, 2.75) is 25.8 Å². The number of rotatable bonds is 2. The van der Waals surface area contributed by atoms with Gasteiger partial charge >= 0.3 is 0 Å². The van der Waals surface area contributed by atoms with Gasteiger partial charge in [-0.3, -0.25) is 9.59 Å². The lowest BCUT2D eigenvalue weighted by molar-refractivity contribution is -0.120. The Labute approximate surface area is 121 Å². The largest absolute Gasteiger partial charge is 0.396 e. The molecule has 0 aliphatic carbocycles. The van der Waals surface area contributed by atoms with E-state index in [0.29, 0.717) is 25.6 Å². The molecule has 1 heterocycles. The molecule has 7 heteroatoms. The first kappa shape index (κ1) is 15.2. The topological polar surface area (TPSA) is 75.4 Å². The van der Waals surface area contributed by atoms with Crippen molar-refractivity contribution in [1.82, 2.24) is 10.2 Å². The first-order valence-electron chi connectivity index (χ1n) is 6.69. The van der Waals surface area contributed by atoms with Gasteiger partial charge in [0, 0.05) is 32.1 Å². The van der Waals surface area contributed by atoms with Crippen molar-refractivity contribution >= 4 is 17.5 Å². The number of nitrogens with one attached hydrogen (secondary N) is 1. The minimum atomic E-state index is -0.937. The number of carbonyl (C=O) groups excluding carboxylic acids is 2. The van der Waals surface area contributed by atoms with Crippen molar-refractivity contribution in [2.75, 3.05) is 18.8 Å². The molecule has 1 aliphatic heterocycles. The summed E-state index contributed by atoms with van der Waals surface area (Å²) in [5.74, 6) is -2.55. The van der Waals surface area contributed by atoms with Gasteiger partial charge in [0.1, 0.15) is 11.6 Å². The second-order valence-corrected chi connectivity index (χ2v) is 5.14. The Morgan fingerprint density at radius 2 is 2.05 bits per heavy atom. The number of carbonyl (C=O) groups is 2. The van der Waals surface area contributed by atoms with Gasteiger partial charge in [0.25, 0.3) is 5.91 Å². The van der Waals surface area contributed by atoms with Crippen LogP contribution in [-0.4, -0.2) is 35.8 Å². The van der Waals surface area contributed by atoms with Gasteiger partial charge in [0.05, 0.1) is 11.3 Å². The van der Waals surface area contributed by atoms with E-state index in [0.717, 1.165) is 12.5 Å². The van der Waals surface area contributed by atoms with Crippen LogP contribution in [0.5, 0.6) is 0 Å². The third-order valence-corrected chi connectivity index (χ3v) is 3.43. The molecule has 2 amide bonds. The van der Waals surface area contributed by atoms with Gasteiger partial charge in [-0.2, -0.15) is 0 Å². The number of piperidine rings is 1. The van der Waals surface area contributed by atoms with Crippen molar-refractivity contribution in [3.8, 4) is 0 Å². The second-order valence-electron chi connectivity index (χ2n) is 5.14. The molecule has 2 rings (SSSR count). The lowest BCUT2D eigenvalue weighted by Gasteiger charge is -2.33. The number of halogens is 2. The number of anilines is 1. The number of hydrogen-bond acceptors (Lipinski definition) is 3. The molecule has 0 saturated carbocycles. The zero-order valence-corrected chi connectivity index (χ0v) is 11.7. The summed E-state index contributed by atoms with van der Waals surface area (Å²) in [5.41, 5.74) is 4.86. The molecule has 0 bridgehead atoms. The average molecular weight is 297 g/mol. The van der Waals surface area contributed by atoms with Crippen LogP contribution < -0.4 is 11.1 Å². The van der Waals surface area contributed by atoms with E-state index in [1.807, 2.05) is 0 Å². The van der Waals surface area contributed by atoms with Crippen LogP contribution in [-0.2, 0) is 4.79 Å². The maximum atomic E-state index is 13.7. The molecule has 1 aromatic carbocycles.